The van der Waals surface area contributed by atoms with E-state index in [1.807, 2.05) is 42.5 Å². The number of halogens is 1. The monoisotopic (exact) mass is 404 g/mol. The van der Waals surface area contributed by atoms with E-state index in [9.17, 15) is 4.79 Å². The first kappa shape index (κ1) is 22.2. The molecule has 2 unspecified atom stereocenters. The highest BCUT2D eigenvalue weighted by Gasteiger charge is 2.15. The van der Waals surface area contributed by atoms with E-state index >= 15 is 0 Å². The van der Waals surface area contributed by atoms with E-state index in [1.54, 1.807) is 0 Å². The number of carbonyl (C=O) groups excluding carboxylic acids is 1. The zero-order valence-electron chi connectivity index (χ0n) is 16.9. The molecule has 2 aromatic carbocycles. The number of benzene rings is 2. The first-order chi connectivity index (χ1) is 13.4. The number of rotatable bonds is 10. The van der Waals surface area contributed by atoms with Crippen LogP contribution >= 0.6 is 11.6 Å². The zero-order valence-corrected chi connectivity index (χ0v) is 17.7. The highest BCUT2D eigenvalue weighted by Crippen LogP contribution is 2.21. The number of esters is 1. The molecular formula is C22H29ClN2O3. The maximum Gasteiger partial charge on any atom is 0.343 e. The molecule has 2 aromatic rings. The Kier molecular flexibility index (Phi) is 8.77. The van der Waals surface area contributed by atoms with E-state index < -0.39 is 5.97 Å². The second-order valence-electron chi connectivity index (χ2n) is 7.06. The third kappa shape index (κ3) is 7.15. The molecule has 0 heterocycles. The van der Waals surface area contributed by atoms with Crippen LogP contribution in [0, 0.1) is 0 Å². The number of nitrogens with zero attached hydrogens (tertiary/aromatic N) is 1. The standard InChI is InChI=1S/C22H29ClN2O3/c1-16(12-17-8-10-20(11-9-17)28-15-22(26)27-4)24-14-21(25(2)3)18-6-5-7-19(23)13-18/h5-11,13,16,21,24H,12,14-15H2,1-4H3. The van der Waals surface area contributed by atoms with E-state index in [0.29, 0.717) is 11.8 Å². The molecule has 0 fully saturated rings. The molecule has 0 bridgehead atoms. The fourth-order valence-corrected chi connectivity index (χ4v) is 3.17. The third-order valence-corrected chi connectivity index (χ3v) is 4.80. The van der Waals surface area contributed by atoms with Crippen LogP contribution in [0.5, 0.6) is 5.75 Å². The third-order valence-electron chi connectivity index (χ3n) is 4.57. The Morgan fingerprint density at radius 3 is 2.50 bits per heavy atom. The van der Waals surface area contributed by atoms with Crippen LogP contribution in [-0.2, 0) is 16.0 Å². The number of methoxy groups -OCH3 is 1. The molecule has 0 saturated heterocycles. The van der Waals surface area contributed by atoms with Crippen molar-refractivity contribution in [3.8, 4) is 5.75 Å². The number of hydrogen-bond donors (Lipinski definition) is 1. The second kappa shape index (κ2) is 11.1. The predicted octanol–water partition coefficient (Wildman–Crippen LogP) is 3.72. The molecule has 28 heavy (non-hydrogen) atoms. The van der Waals surface area contributed by atoms with Gasteiger partial charge in [-0.3, -0.25) is 0 Å². The summed E-state index contributed by atoms with van der Waals surface area (Å²) in [6, 6.07) is 16.4. The maximum atomic E-state index is 11.1. The van der Waals surface area contributed by atoms with Crippen LogP contribution in [0.25, 0.3) is 0 Å². The van der Waals surface area contributed by atoms with Crippen LogP contribution in [-0.4, -0.2) is 51.3 Å². The van der Waals surface area contributed by atoms with E-state index in [1.165, 1.54) is 18.2 Å². The molecule has 2 atom stereocenters. The van der Waals surface area contributed by atoms with E-state index in [4.69, 9.17) is 16.3 Å². The van der Waals surface area contributed by atoms with Crippen molar-refractivity contribution in [3.05, 3.63) is 64.7 Å². The predicted molar refractivity (Wildman–Crippen MR) is 113 cm³/mol. The summed E-state index contributed by atoms with van der Waals surface area (Å²) in [4.78, 5) is 13.3. The van der Waals surface area contributed by atoms with Crippen molar-refractivity contribution in [3.63, 3.8) is 0 Å². The van der Waals surface area contributed by atoms with Gasteiger partial charge in [-0.15, -0.1) is 0 Å². The molecule has 0 aromatic heterocycles. The summed E-state index contributed by atoms with van der Waals surface area (Å²) in [7, 11) is 5.49. The first-order valence-electron chi connectivity index (χ1n) is 9.33. The fraction of sp³-hybridized carbons (Fsp3) is 0.409. The van der Waals surface area contributed by atoms with Gasteiger partial charge in [0.15, 0.2) is 6.61 Å². The van der Waals surface area contributed by atoms with Crippen molar-refractivity contribution < 1.29 is 14.3 Å². The van der Waals surface area contributed by atoms with E-state index in [-0.39, 0.29) is 12.6 Å². The smallest absolute Gasteiger partial charge is 0.343 e. The topological polar surface area (TPSA) is 50.8 Å². The molecule has 0 aliphatic carbocycles. The summed E-state index contributed by atoms with van der Waals surface area (Å²) in [5.74, 6) is 0.264. The normalized spacial score (nSPS) is 13.2. The van der Waals surface area contributed by atoms with Gasteiger partial charge in [-0.05, 0) is 62.8 Å². The second-order valence-corrected chi connectivity index (χ2v) is 7.49. The molecule has 5 nitrogen and oxygen atoms in total. The average Bonchev–Trinajstić information content (AvgIpc) is 2.67. The Morgan fingerprint density at radius 2 is 1.89 bits per heavy atom. The molecule has 1 N–H and O–H groups in total. The van der Waals surface area contributed by atoms with Crippen molar-refractivity contribution in [1.29, 1.82) is 0 Å². The SMILES string of the molecule is COC(=O)COc1ccc(CC(C)NCC(c2cccc(Cl)c2)N(C)C)cc1. The van der Waals surface area contributed by atoms with Gasteiger partial charge in [0, 0.05) is 23.7 Å². The fourth-order valence-electron chi connectivity index (χ4n) is 2.97. The highest BCUT2D eigenvalue weighted by atomic mass is 35.5. The number of carbonyl (C=O) groups is 1. The Morgan fingerprint density at radius 1 is 1.18 bits per heavy atom. The zero-order chi connectivity index (χ0) is 20.5. The lowest BCUT2D eigenvalue weighted by molar-refractivity contribution is -0.142. The Balaban J connectivity index is 1.87. The Hall–Kier alpha value is -2.08. The van der Waals surface area contributed by atoms with Crippen molar-refractivity contribution in [2.24, 2.45) is 0 Å². The molecule has 0 spiro atoms. The summed E-state index contributed by atoms with van der Waals surface area (Å²) in [6.45, 7) is 2.92. The van der Waals surface area contributed by atoms with Crippen LogP contribution in [0.3, 0.4) is 0 Å². The molecule has 0 radical (unpaired) electrons. The lowest BCUT2D eigenvalue weighted by Crippen LogP contribution is -2.36. The summed E-state index contributed by atoms with van der Waals surface area (Å²) < 4.78 is 9.94. The summed E-state index contributed by atoms with van der Waals surface area (Å²) in [6.07, 6.45) is 0.896. The van der Waals surface area contributed by atoms with Gasteiger partial charge in [0.05, 0.1) is 7.11 Å². The van der Waals surface area contributed by atoms with Gasteiger partial charge >= 0.3 is 5.97 Å². The van der Waals surface area contributed by atoms with Gasteiger partial charge in [0.25, 0.3) is 0 Å². The number of hydrogen-bond acceptors (Lipinski definition) is 5. The van der Waals surface area contributed by atoms with Crippen LogP contribution < -0.4 is 10.1 Å². The van der Waals surface area contributed by atoms with E-state index in [0.717, 1.165) is 18.0 Å². The number of ether oxygens (including phenoxy) is 2. The molecular weight excluding hydrogens is 376 g/mol. The first-order valence-corrected chi connectivity index (χ1v) is 9.70. The van der Waals surface area contributed by atoms with Crippen LogP contribution in [0.4, 0.5) is 0 Å². The number of likely N-dealkylation sites (N-methyl/N-ethyl adjacent to an activating group) is 1. The molecule has 2 rings (SSSR count). The van der Waals surface area contributed by atoms with Gasteiger partial charge in [0.1, 0.15) is 5.75 Å². The minimum Gasteiger partial charge on any atom is -0.482 e. The molecule has 0 saturated carbocycles. The lowest BCUT2D eigenvalue weighted by Gasteiger charge is -2.27. The van der Waals surface area contributed by atoms with Gasteiger partial charge < -0.3 is 19.7 Å². The largest absolute Gasteiger partial charge is 0.482 e. The van der Waals surface area contributed by atoms with Gasteiger partial charge in [-0.2, -0.15) is 0 Å². The maximum absolute atomic E-state index is 11.1. The molecule has 152 valence electrons. The minimum absolute atomic E-state index is 0.0801. The lowest BCUT2D eigenvalue weighted by atomic mass is 10.0. The van der Waals surface area contributed by atoms with E-state index in [2.05, 4.69) is 42.0 Å². The molecule has 0 amide bonds. The van der Waals surface area contributed by atoms with Gasteiger partial charge in [-0.25, -0.2) is 4.79 Å². The minimum atomic E-state index is -0.392. The van der Waals surface area contributed by atoms with Crippen molar-refractivity contribution >= 4 is 17.6 Å². The van der Waals surface area contributed by atoms with Crippen molar-refractivity contribution in [2.45, 2.75) is 25.4 Å². The Labute approximate surface area is 172 Å². The molecule has 6 heteroatoms. The van der Waals surface area contributed by atoms with Crippen molar-refractivity contribution in [1.82, 2.24) is 10.2 Å². The molecule has 0 aliphatic rings. The van der Waals surface area contributed by atoms with Gasteiger partial charge in [0.2, 0.25) is 0 Å². The summed E-state index contributed by atoms with van der Waals surface area (Å²) >= 11 is 6.15. The molecule has 0 aliphatic heterocycles. The summed E-state index contributed by atoms with van der Waals surface area (Å²) in [5.41, 5.74) is 2.40. The van der Waals surface area contributed by atoms with Crippen LogP contribution in [0.15, 0.2) is 48.5 Å². The average molecular weight is 405 g/mol. The quantitative estimate of drug-likeness (QED) is 0.612. The van der Waals surface area contributed by atoms with Crippen molar-refractivity contribution in [2.75, 3.05) is 34.4 Å². The van der Waals surface area contributed by atoms with Gasteiger partial charge in [-0.1, -0.05) is 35.9 Å². The van der Waals surface area contributed by atoms with Crippen LogP contribution in [0.1, 0.15) is 24.1 Å². The highest BCUT2D eigenvalue weighted by molar-refractivity contribution is 6.30. The number of nitrogens with one attached hydrogen (secondary N) is 1. The van der Waals surface area contributed by atoms with Crippen LogP contribution in [0.2, 0.25) is 5.02 Å². The summed E-state index contributed by atoms with van der Waals surface area (Å²) in [5, 5.41) is 4.37. The Bertz CT molecular complexity index is 750.